The van der Waals surface area contributed by atoms with Crippen molar-refractivity contribution in [2.75, 3.05) is 19.5 Å². The lowest BCUT2D eigenvalue weighted by Gasteiger charge is -2.33. The van der Waals surface area contributed by atoms with Gasteiger partial charge in [-0.15, -0.1) is 0 Å². The average Bonchev–Trinajstić information content (AvgIpc) is 3.04. The fraction of sp³-hybridized carbons (Fsp3) is 0.429. The lowest BCUT2D eigenvalue weighted by Crippen LogP contribution is -2.53. The number of anilines is 1. The Morgan fingerprint density at radius 3 is 1.89 bits per heavy atom. The van der Waals surface area contributed by atoms with Crippen LogP contribution in [0.4, 0.5) is 10.5 Å². The van der Waals surface area contributed by atoms with Crippen molar-refractivity contribution in [1.29, 1.82) is 0 Å². The highest BCUT2D eigenvalue weighted by molar-refractivity contribution is 7.82. The number of hydrogen-bond donors (Lipinski definition) is 4. The third-order valence-electron chi connectivity index (χ3n) is 7.93. The van der Waals surface area contributed by atoms with Crippen LogP contribution in [0.5, 0.6) is 0 Å². The smallest absolute Gasteiger partial charge is 0.407 e. The Balaban J connectivity index is 1.79. The SMILES string of the molecule is COC(=O)NC(C(=O)NC(CCCC(CO)N(C(C)C)S(=O)c1ccc(N)cc1)C(C)C)C(c1ccccc1)c1ccccc1. The Kier molecular flexibility index (Phi) is 14.0. The molecular weight excluding hydrogens is 588 g/mol. The number of benzene rings is 3. The molecule has 0 aliphatic heterocycles. The van der Waals surface area contributed by atoms with E-state index in [0.29, 0.717) is 29.8 Å². The van der Waals surface area contributed by atoms with E-state index in [-0.39, 0.29) is 36.6 Å². The fourth-order valence-corrected chi connectivity index (χ4v) is 6.99. The first-order valence-electron chi connectivity index (χ1n) is 15.5. The van der Waals surface area contributed by atoms with Gasteiger partial charge in [0.2, 0.25) is 5.91 Å². The molecule has 4 unspecified atom stereocenters. The predicted octanol–water partition coefficient (Wildman–Crippen LogP) is 5.23. The maximum absolute atomic E-state index is 14.0. The van der Waals surface area contributed by atoms with Crippen molar-refractivity contribution >= 4 is 28.7 Å². The molecule has 0 aromatic heterocycles. The van der Waals surface area contributed by atoms with E-state index in [1.807, 2.05) is 92.7 Å². The Morgan fingerprint density at radius 1 is 0.867 bits per heavy atom. The molecule has 0 aliphatic rings. The standard InChI is InChI=1S/C35H48N4O5S/c1-24(2)31(18-12-17-29(23-40)39(25(3)4)45(43)30-21-19-28(36)20-22-30)37-34(41)33(38-35(42)44-5)32(26-13-8-6-9-14-26)27-15-10-7-11-16-27/h6-11,13-16,19-22,24-25,29,31-33,40H,12,17-18,23,36H2,1-5H3,(H,37,41)(H,38,42). The van der Waals surface area contributed by atoms with Crippen molar-refractivity contribution in [2.24, 2.45) is 5.92 Å². The van der Waals surface area contributed by atoms with E-state index in [9.17, 15) is 18.9 Å². The first-order chi connectivity index (χ1) is 21.6. The van der Waals surface area contributed by atoms with Crippen molar-refractivity contribution in [3.05, 3.63) is 96.1 Å². The third kappa shape index (κ3) is 10.1. The van der Waals surface area contributed by atoms with Gasteiger partial charge < -0.3 is 26.2 Å². The van der Waals surface area contributed by atoms with E-state index in [1.54, 1.807) is 24.3 Å². The summed E-state index contributed by atoms with van der Waals surface area (Å²) in [5.41, 5.74) is 8.18. The predicted molar refractivity (Wildman–Crippen MR) is 180 cm³/mol. The zero-order valence-corrected chi connectivity index (χ0v) is 27.7. The van der Waals surface area contributed by atoms with Gasteiger partial charge in [0.1, 0.15) is 17.0 Å². The molecule has 2 amide bonds. The summed E-state index contributed by atoms with van der Waals surface area (Å²) >= 11 is 0. The highest BCUT2D eigenvalue weighted by atomic mass is 32.2. The molecule has 0 saturated carbocycles. The number of rotatable bonds is 16. The molecule has 0 aliphatic carbocycles. The van der Waals surface area contributed by atoms with Crippen molar-refractivity contribution in [2.45, 2.75) is 81.9 Å². The highest BCUT2D eigenvalue weighted by Crippen LogP contribution is 2.29. The maximum atomic E-state index is 14.0. The summed E-state index contributed by atoms with van der Waals surface area (Å²) in [7, 11) is -0.203. The number of carbonyl (C=O) groups excluding carboxylic acids is 2. The quantitative estimate of drug-likeness (QED) is 0.159. The number of nitrogens with one attached hydrogen (secondary N) is 2. The molecule has 9 nitrogen and oxygen atoms in total. The van der Waals surface area contributed by atoms with Gasteiger partial charge in [-0.25, -0.2) is 13.3 Å². The number of nitrogen functional groups attached to an aromatic ring is 1. The van der Waals surface area contributed by atoms with Crippen LogP contribution in [0.3, 0.4) is 0 Å². The molecule has 0 radical (unpaired) electrons. The lowest BCUT2D eigenvalue weighted by molar-refractivity contribution is -0.124. The molecule has 0 bridgehead atoms. The normalized spacial score (nSPS) is 14.3. The van der Waals surface area contributed by atoms with Crippen molar-refractivity contribution in [3.63, 3.8) is 0 Å². The summed E-state index contributed by atoms with van der Waals surface area (Å²) in [4.78, 5) is 27.2. The first kappa shape index (κ1) is 35.7. The molecular formula is C35H48N4O5S. The van der Waals surface area contributed by atoms with Gasteiger partial charge in [-0.2, -0.15) is 0 Å². The molecule has 0 spiro atoms. The lowest BCUT2D eigenvalue weighted by atomic mass is 9.84. The third-order valence-corrected chi connectivity index (χ3v) is 9.71. The Bertz CT molecular complexity index is 1320. The van der Waals surface area contributed by atoms with E-state index in [0.717, 1.165) is 11.1 Å². The zero-order chi connectivity index (χ0) is 32.9. The average molecular weight is 637 g/mol. The van der Waals surface area contributed by atoms with Crippen LogP contribution in [0.2, 0.25) is 0 Å². The monoisotopic (exact) mass is 636 g/mol. The Hall–Kier alpha value is -3.73. The second-order valence-corrected chi connectivity index (χ2v) is 13.2. The molecule has 10 heteroatoms. The van der Waals surface area contributed by atoms with E-state index in [2.05, 4.69) is 10.6 Å². The number of nitrogens with zero attached hydrogens (tertiary/aromatic N) is 1. The minimum atomic E-state index is -1.48. The molecule has 3 aromatic rings. The van der Waals surface area contributed by atoms with E-state index in [4.69, 9.17) is 10.5 Å². The summed E-state index contributed by atoms with van der Waals surface area (Å²) in [6.45, 7) is 7.84. The molecule has 0 fully saturated rings. The molecule has 3 rings (SSSR count). The number of aliphatic hydroxyl groups excluding tert-OH is 1. The Morgan fingerprint density at radius 2 is 1.42 bits per heavy atom. The summed E-state index contributed by atoms with van der Waals surface area (Å²) in [5, 5.41) is 16.3. The van der Waals surface area contributed by atoms with Gasteiger partial charge in [-0.1, -0.05) is 74.5 Å². The number of hydrogen-bond acceptors (Lipinski definition) is 6. The summed E-state index contributed by atoms with van der Waals surface area (Å²) < 4.78 is 20.3. The number of amides is 2. The molecule has 0 heterocycles. The Labute approximate surface area is 270 Å². The highest BCUT2D eigenvalue weighted by Gasteiger charge is 2.34. The molecule has 45 heavy (non-hydrogen) atoms. The number of carbonyl (C=O) groups is 2. The molecule has 244 valence electrons. The maximum Gasteiger partial charge on any atom is 0.407 e. The molecule has 3 aromatic carbocycles. The number of ether oxygens (including phenoxy) is 1. The van der Waals surface area contributed by atoms with Gasteiger partial charge in [-0.05, 0) is 74.4 Å². The summed E-state index contributed by atoms with van der Waals surface area (Å²) in [6.07, 6.45) is 1.19. The first-order valence-corrected chi connectivity index (χ1v) is 16.6. The van der Waals surface area contributed by atoms with Crippen molar-refractivity contribution < 1.29 is 23.6 Å². The van der Waals surface area contributed by atoms with Crippen LogP contribution in [-0.4, -0.2) is 63.5 Å². The minimum Gasteiger partial charge on any atom is -0.453 e. The van der Waals surface area contributed by atoms with Crippen LogP contribution in [0.15, 0.2) is 89.8 Å². The van der Waals surface area contributed by atoms with Gasteiger partial charge in [0.05, 0.1) is 18.6 Å². The topological polar surface area (TPSA) is 134 Å². The summed E-state index contributed by atoms with van der Waals surface area (Å²) in [5.74, 6) is -0.679. The largest absolute Gasteiger partial charge is 0.453 e. The van der Waals surface area contributed by atoms with Gasteiger partial charge >= 0.3 is 6.09 Å². The van der Waals surface area contributed by atoms with Crippen LogP contribution in [-0.2, 0) is 20.5 Å². The van der Waals surface area contributed by atoms with Gasteiger partial charge in [-0.3, -0.25) is 4.79 Å². The van der Waals surface area contributed by atoms with Crippen LogP contribution in [0, 0.1) is 5.92 Å². The fourth-order valence-electron chi connectivity index (χ4n) is 5.56. The second kappa shape index (κ2) is 17.7. The van der Waals surface area contributed by atoms with Gasteiger partial charge in [0.15, 0.2) is 0 Å². The molecule has 4 atom stereocenters. The number of methoxy groups -OCH3 is 1. The van der Waals surface area contributed by atoms with Crippen LogP contribution < -0.4 is 16.4 Å². The molecule has 5 N–H and O–H groups in total. The van der Waals surface area contributed by atoms with Crippen molar-refractivity contribution in [1.82, 2.24) is 14.9 Å². The van der Waals surface area contributed by atoms with Crippen molar-refractivity contribution in [3.8, 4) is 0 Å². The zero-order valence-electron chi connectivity index (χ0n) is 26.9. The van der Waals surface area contributed by atoms with Crippen LogP contribution in [0.1, 0.15) is 64.0 Å². The van der Waals surface area contributed by atoms with E-state index in [1.165, 1.54) is 7.11 Å². The summed E-state index contributed by atoms with van der Waals surface area (Å²) in [6, 6.07) is 24.6. The van der Waals surface area contributed by atoms with Gasteiger partial charge in [0, 0.05) is 29.7 Å². The van der Waals surface area contributed by atoms with E-state index < -0.39 is 29.0 Å². The number of alkyl carbamates (subject to hydrolysis) is 1. The van der Waals surface area contributed by atoms with Gasteiger partial charge in [0.25, 0.3) is 0 Å². The minimum absolute atomic E-state index is 0.0841. The molecule has 0 saturated heterocycles. The van der Waals surface area contributed by atoms with E-state index >= 15 is 0 Å². The number of nitrogens with two attached hydrogens (primary N) is 1. The second-order valence-electron chi connectivity index (χ2n) is 11.8. The number of aliphatic hydroxyl groups is 1. The van der Waals surface area contributed by atoms with Crippen LogP contribution >= 0.6 is 0 Å². The van der Waals surface area contributed by atoms with Crippen LogP contribution in [0.25, 0.3) is 0 Å².